The molecule has 0 aromatic heterocycles. The summed E-state index contributed by atoms with van der Waals surface area (Å²) in [6.07, 6.45) is -6.77. The van der Waals surface area contributed by atoms with Crippen LogP contribution in [0.1, 0.15) is 47.0 Å². The molecule has 3 heterocycles. The highest BCUT2D eigenvalue weighted by Crippen LogP contribution is 2.60. The highest BCUT2D eigenvalue weighted by Gasteiger charge is 2.68. The van der Waals surface area contributed by atoms with Gasteiger partial charge in [0, 0.05) is 12.3 Å². The van der Waals surface area contributed by atoms with Crippen molar-refractivity contribution in [1.29, 1.82) is 0 Å². The van der Waals surface area contributed by atoms with Crippen LogP contribution in [0, 0.1) is 17.8 Å². The van der Waals surface area contributed by atoms with Gasteiger partial charge in [-0.05, 0) is 45.4 Å². The van der Waals surface area contributed by atoms with Crippen molar-refractivity contribution >= 4 is 0 Å². The fraction of sp³-hybridized carbons (Fsp3) is 1.00. The summed E-state index contributed by atoms with van der Waals surface area (Å²) in [5.41, 5.74) is -3.09. The lowest BCUT2D eigenvalue weighted by Crippen LogP contribution is -2.67. The van der Waals surface area contributed by atoms with Gasteiger partial charge in [-0.3, -0.25) is 0 Å². The van der Waals surface area contributed by atoms with E-state index in [2.05, 4.69) is 6.92 Å². The van der Waals surface area contributed by atoms with Gasteiger partial charge in [0.25, 0.3) is 0 Å². The van der Waals surface area contributed by atoms with E-state index in [4.69, 9.17) is 14.2 Å². The van der Waals surface area contributed by atoms with Gasteiger partial charge in [0.2, 0.25) is 0 Å². The minimum atomic E-state index is -1.51. The first kappa shape index (κ1) is 22.8. The van der Waals surface area contributed by atoms with Crippen molar-refractivity contribution in [3.05, 3.63) is 0 Å². The monoisotopic (exact) mass is 432 g/mol. The van der Waals surface area contributed by atoms with Crippen molar-refractivity contribution in [2.75, 3.05) is 6.61 Å². The molecule has 0 amide bonds. The molecule has 9 heteroatoms. The molecule has 3 aliphatic heterocycles. The van der Waals surface area contributed by atoms with Gasteiger partial charge in [0.15, 0.2) is 6.29 Å². The molecule has 0 spiro atoms. The summed E-state index contributed by atoms with van der Waals surface area (Å²) in [7, 11) is 0. The molecule has 5 aliphatic rings. The van der Waals surface area contributed by atoms with Gasteiger partial charge in [-0.15, -0.1) is 0 Å². The maximum Gasteiger partial charge on any atom is 0.186 e. The molecule has 5 rings (SSSR count). The van der Waals surface area contributed by atoms with E-state index in [9.17, 15) is 30.6 Å². The zero-order valence-electron chi connectivity index (χ0n) is 18.0. The van der Waals surface area contributed by atoms with Crippen LogP contribution in [0.3, 0.4) is 0 Å². The molecule has 174 valence electrons. The Bertz CT molecular complexity index is 656. The number of aliphatic hydroxyl groups is 6. The van der Waals surface area contributed by atoms with Crippen LogP contribution in [-0.4, -0.2) is 97.0 Å². The minimum absolute atomic E-state index is 0.0220. The first-order valence-corrected chi connectivity index (χ1v) is 10.9. The maximum atomic E-state index is 11.4. The van der Waals surface area contributed by atoms with Crippen LogP contribution < -0.4 is 0 Å². The number of rotatable bonds is 3. The summed E-state index contributed by atoms with van der Waals surface area (Å²) < 4.78 is 18.2. The Morgan fingerprint density at radius 1 is 1.00 bits per heavy atom. The minimum Gasteiger partial charge on any atom is -0.394 e. The molecule has 30 heavy (non-hydrogen) atoms. The second-order valence-corrected chi connectivity index (χ2v) is 10.5. The van der Waals surface area contributed by atoms with Crippen molar-refractivity contribution in [3.63, 3.8) is 0 Å². The molecule has 2 saturated carbocycles. The molecule has 0 unspecified atom stereocenters. The number of fused-ring (bicyclic) bond motifs is 2. The third-order valence-electron chi connectivity index (χ3n) is 8.29. The summed E-state index contributed by atoms with van der Waals surface area (Å²) in [6, 6.07) is 0. The molecular formula is C21H36O9. The standard InChI is InChI=1S/C21H36O9/c1-9-5-11(28-18-17(26)16(25)15(24)12(8-22)29-18)14-10(9)6-21(27)13(23)7-20(14,4)30-19(21,2)3/h9-18,22-27H,5-8H2,1-4H3/t9-,10-,11+,12-,13-,14+,15-,16+,17-,18-,20+,21-/m1/s1. The van der Waals surface area contributed by atoms with Crippen LogP contribution in [0.5, 0.6) is 0 Å². The van der Waals surface area contributed by atoms with Crippen molar-refractivity contribution < 1.29 is 44.8 Å². The summed E-state index contributed by atoms with van der Waals surface area (Å²) in [6.45, 7) is 7.08. The fourth-order valence-electron chi connectivity index (χ4n) is 6.60. The molecule has 9 nitrogen and oxygen atoms in total. The Morgan fingerprint density at radius 2 is 1.67 bits per heavy atom. The molecule has 2 bridgehead atoms. The highest BCUT2D eigenvalue weighted by molar-refractivity contribution is 5.17. The van der Waals surface area contributed by atoms with Crippen LogP contribution in [0.15, 0.2) is 0 Å². The van der Waals surface area contributed by atoms with Crippen LogP contribution in [-0.2, 0) is 14.2 Å². The van der Waals surface area contributed by atoms with Crippen molar-refractivity contribution in [1.82, 2.24) is 0 Å². The van der Waals surface area contributed by atoms with Gasteiger partial charge in [0.05, 0.1) is 30.0 Å². The summed E-state index contributed by atoms with van der Waals surface area (Å²) >= 11 is 0. The Morgan fingerprint density at radius 3 is 2.27 bits per heavy atom. The third kappa shape index (κ3) is 3.17. The van der Waals surface area contributed by atoms with E-state index in [1.165, 1.54) is 0 Å². The summed E-state index contributed by atoms with van der Waals surface area (Å²) in [5, 5.41) is 62.2. The zero-order valence-corrected chi connectivity index (χ0v) is 18.0. The van der Waals surface area contributed by atoms with Gasteiger partial charge in [0.1, 0.15) is 30.0 Å². The lowest BCUT2D eigenvalue weighted by Gasteiger charge is -2.54. The number of aliphatic hydroxyl groups excluding tert-OH is 5. The topological polar surface area (TPSA) is 149 Å². The first-order chi connectivity index (χ1) is 13.8. The average molecular weight is 433 g/mol. The molecular weight excluding hydrogens is 396 g/mol. The number of ether oxygens (including phenoxy) is 3. The second kappa shape index (κ2) is 7.33. The Kier molecular flexibility index (Phi) is 5.57. The van der Waals surface area contributed by atoms with Crippen LogP contribution in [0.2, 0.25) is 0 Å². The largest absolute Gasteiger partial charge is 0.394 e. The van der Waals surface area contributed by atoms with Gasteiger partial charge < -0.3 is 44.8 Å². The molecule has 5 fully saturated rings. The molecule has 2 aliphatic carbocycles. The predicted molar refractivity (Wildman–Crippen MR) is 103 cm³/mol. The molecule has 6 N–H and O–H groups in total. The van der Waals surface area contributed by atoms with Crippen molar-refractivity contribution in [3.8, 4) is 0 Å². The number of hydrogen-bond acceptors (Lipinski definition) is 9. The summed E-state index contributed by atoms with van der Waals surface area (Å²) in [4.78, 5) is 0. The molecule has 0 radical (unpaired) electrons. The fourth-order valence-corrected chi connectivity index (χ4v) is 6.60. The first-order valence-electron chi connectivity index (χ1n) is 10.9. The third-order valence-corrected chi connectivity index (χ3v) is 8.29. The second-order valence-electron chi connectivity index (χ2n) is 10.5. The smallest absolute Gasteiger partial charge is 0.186 e. The quantitative estimate of drug-likeness (QED) is 0.327. The summed E-state index contributed by atoms with van der Waals surface area (Å²) in [5.74, 6) is 0.0117. The predicted octanol–water partition coefficient (Wildman–Crippen LogP) is -1.10. The molecule has 0 aromatic rings. The molecule has 12 atom stereocenters. The van der Waals surface area contributed by atoms with E-state index in [0.29, 0.717) is 12.8 Å². The van der Waals surface area contributed by atoms with Gasteiger partial charge >= 0.3 is 0 Å². The van der Waals surface area contributed by atoms with Crippen LogP contribution >= 0.6 is 0 Å². The maximum absolute atomic E-state index is 11.4. The van der Waals surface area contributed by atoms with E-state index in [1.807, 2.05) is 6.92 Å². The van der Waals surface area contributed by atoms with E-state index < -0.39 is 66.3 Å². The molecule has 3 saturated heterocycles. The zero-order chi connectivity index (χ0) is 22.2. The Hall–Kier alpha value is -0.360. The van der Waals surface area contributed by atoms with Crippen LogP contribution in [0.4, 0.5) is 0 Å². The van der Waals surface area contributed by atoms with E-state index >= 15 is 0 Å². The SMILES string of the molecule is C[C@@H]1C[C@H](O[C@@H]2O[C@H](CO)[C@@H](O)[C@H](O)[C@H]2O)[C@@H]2[C@@H]1C[C@@]1(O)[C@H](O)C[C@]2(C)OC1(C)C. The van der Waals surface area contributed by atoms with Crippen molar-refractivity contribution in [2.24, 2.45) is 17.8 Å². The highest BCUT2D eigenvalue weighted by atomic mass is 16.7. The van der Waals surface area contributed by atoms with E-state index in [-0.39, 0.29) is 24.2 Å². The van der Waals surface area contributed by atoms with Gasteiger partial charge in [-0.1, -0.05) is 6.92 Å². The normalized spacial score (nSPS) is 57.8. The Labute approximate surface area is 176 Å². The van der Waals surface area contributed by atoms with E-state index in [1.54, 1.807) is 13.8 Å². The average Bonchev–Trinajstić information content (AvgIpc) is 2.87. The van der Waals surface area contributed by atoms with E-state index in [0.717, 1.165) is 0 Å². The lowest BCUT2D eigenvalue weighted by molar-refractivity contribution is -0.327. The van der Waals surface area contributed by atoms with Gasteiger partial charge in [-0.25, -0.2) is 0 Å². The lowest BCUT2D eigenvalue weighted by atomic mass is 9.72. The van der Waals surface area contributed by atoms with Crippen LogP contribution in [0.25, 0.3) is 0 Å². The molecule has 0 aromatic carbocycles. The Balaban J connectivity index is 1.62. The van der Waals surface area contributed by atoms with Gasteiger partial charge in [-0.2, -0.15) is 0 Å². The number of hydrogen-bond donors (Lipinski definition) is 6. The van der Waals surface area contributed by atoms with Crippen molar-refractivity contribution in [2.45, 2.75) is 107 Å².